The topological polar surface area (TPSA) is 75.4 Å². The van der Waals surface area contributed by atoms with Crippen LogP contribution in [0.2, 0.25) is 0 Å². The molecule has 1 aliphatic heterocycles. The molecule has 0 aliphatic carbocycles. The molecule has 110 valence electrons. The molecule has 0 aromatic carbocycles. The van der Waals surface area contributed by atoms with Crippen molar-refractivity contribution < 1.29 is 9.59 Å². The molecular weight excluding hydrogens is 242 g/mol. The number of nitrogens with one attached hydrogen (secondary N) is 1. The van der Waals surface area contributed by atoms with E-state index in [-0.39, 0.29) is 30.3 Å². The average Bonchev–Trinajstić information content (AvgIpc) is 2.42. The largest absolute Gasteiger partial charge is 0.356 e. The van der Waals surface area contributed by atoms with Gasteiger partial charge in [0, 0.05) is 38.0 Å². The first kappa shape index (κ1) is 16.0. The van der Waals surface area contributed by atoms with Crippen LogP contribution in [0, 0.1) is 0 Å². The zero-order chi connectivity index (χ0) is 14.3. The van der Waals surface area contributed by atoms with Crippen molar-refractivity contribution in [1.29, 1.82) is 0 Å². The maximum absolute atomic E-state index is 12.2. The zero-order valence-electron chi connectivity index (χ0n) is 12.2. The first-order valence-corrected chi connectivity index (χ1v) is 7.38. The summed E-state index contributed by atoms with van der Waals surface area (Å²) in [5.41, 5.74) is 5.94. The molecule has 0 aromatic heterocycles. The maximum Gasteiger partial charge on any atom is 0.223 e. The van der Waals surface area contributed by atoms with E-state index < -0.39 is 0 Å². The van der Waals surface area contributed by atoms with Gasteiger partial charge < -0.3 is 16.0 Å². The minimum Gasteiger partial charge on any atom is -0.356 e. The fraction of sp³-hybridized carbons (Fsp3) is 0.857. The molecular formula is C14H27N3O2. The highest BCUT2D eigenvalue weighted by Crippen LogP contribution is 2.20. The number of hydrogen-bond donors (Lipinski definition) is 2. The number of piperidine rings is 1. The minimum absolute atomic E-state index is 0.00170. The minimum atomic E-state index is -0.0374. The standard InChI is InChI=1S/C14H27N3O2/c1-3-9-16-13(18)7-8-14(19)17-10-5-4-6-12(17)11(2)15/h11-12H,3-10,15H2,1-2H3,(H,16,18). The molecule has 2 atom stereocenters. The number of rotatable bonds is 6. The van der Waals surface area contributed by atoms with E-state index in [1.165, 1.54) is 0 Å². The highest BCUT2D eigenvalue weighted by atomic mass is 16.2. The lowest BCUT2D eigenvalue weighted by molar-refractivity contribution is -0.137. The Bertz CT molecular complexity index is 305. The van der Waals surface area contributed by atoms with Crippen LogP contribution in [0.4, 0.5) is 0 Å². The molecule has 5 heteroatoms. The summed E-state index contributed by atoms with van der Waals surface area (Å²) in [5, 5.41) is 2.79. The van der Waals surface area contributed by atoms with Crippen LogP contribution in [0.25, 0.3) is 0 Å². The first-order valence-electron chi connectivity index (χ1n) is 7.38. The number of nitrogens with zero attached hydrogens (tertiary/aromatic N) is 1. The Labute approximate surface area is 115 Å². The van der Waals surface area contributed by atoms with Crippen LogP contribution in [0.15, 0.2) is 0 Å². The van der Waals surface area contributed by atoms with Crippen LogP contribution in [-0.2, 0) is 9.59 Å². The number of hydrogen-bond acceptors (Lipinski definition) is 3. The molecule has 1 aliphatic rings. The van der Waals surface area contributed by atoms with Crippen molar-refractivity contribution in [2.45, 2.75) is 64.5 Å². The molecule has 1 saturated heterocycles. The molecule has 0 aromatic rings. The highest BCUT2D eigenvalue weighted by Gasteiger charge is 2.28. The Hall–Kier alpha value is -1.10. The lowest BCUT2D eigenvalue weighted by Crippen LogP contribution is -2.51. The summed E-state index contributed by atoms with van der Waals surface area (Å²) in [6.45, 7) is 5.41. The second-order valence-corrected chi connectivity index (χ2v) is 5.36. The quantitative estimate of drug-likeness (QED) is 0.756. The number of carbonyl (C=O) groups is 2. The van der Waals surface area contributed by atoms with Crippen molar-refractivity contribution in [1.82, 2.24) is 10.2 Å². The summed E-state index contributed by atoms with van der Waals surface area (Å²) in [7, 11) is 0. The van der Waals surface area contributed by atoms with E-state index in [0.717, 1.165) is 32.2 Å². The molecule has 1 rings (SSSR count). The third kappa shape index (κ3) is 5.19. The Balaban J connectivity index is 2.40. The van der Waals surface area contributed by atoms with Crippen LogP contribution in [-0.4, -0.2) is 41.9 Å². The number of nitrogens with two attached hydrogens (primary N) is 1. The Morgan fingerprint density at radius 1 is 1.37 bits per heavy atom. The van der Waals surface area contributed by atoms with Gasteiger partial charge >= 0.3 is 0 Å². The van der Waals surface area contributed by atoms with E-state index in [1.807, 2.05) is 18.7 Å². The van der Waals surface area contributed by atoms with Crippen LogP contribution in [0.1, 0.15) is 52.4 Å². The van der Waals surface area contributed by atoms with Gasteiger partial charge in [0.1, 0.15) is 0 Å². The van der Waals surface area contributed by atoms with Crippen LogP contribution in [0.3, 0.4) is 0 Å². The number of likely N-dealkylation sites (tertiary alicyclic amines) is 1. The van der Waals surface area contributed by atoms with Gasteiger partial charge in [-0.25, -0.2) is 0 Å². The predicted molar refractivity (Wildman–Crippen MR) is 75.5 cm³/mol. The van der Waals surface area contributed by atoms with Crippen molar-refractivity contribution in [3.8, 4) is 0 Å². The van der Waals surface area contributed by atoms with Gasteiger partial charge in [-0.3, -0.25) is 9.59 Å². The van der Waals surface area contributed by atoms with E-state index in [1.54, 1.807) is 0 Å². The molecule has 3 N–H and O–H groups in total. The Morgan fingerprint density at radius 2 is 2.11 bits per heavy atom. The SMILES string of the molecule is CCCNC(=O)CCC(=O)N1CCCCC1C(C)N. The second kappa shape index (κ2) is 8.15. The van der Waals surface area contributed by atoms with Crippen molar-refractivity contribution in [2.75, 3.05) is 13.1 Å². The zero-order valence-corrected chi connectivity index (χ0v) is 12.2. The van der Waals surface area contributed by atoms with Gasteiger partial charge in [0.05, 0.1) is 0 Å². The molecule has 0 bridgehead atoms. The number of amides is 2. The molecule has 0 saturated carbocycles. The van der Waals surface area contributed by atoms with Crippen molar-refractivity contribution in [2.24, 2.45) is 5.73 Å². The van der Waals surface area contributed by atoms with Gasteiger partial charge in [0.25, 0.3) is 0 Å². The van der Waals surface area contributed by atoms with Gasteiger partial charge in [0.15, 0.2) is 0 Å². The van der Waals surface area contributed by atoms with Gasteiger partial charge in [0.2, 0.25) is 11.8 Å². The van der Waals surface area contributed by atoms with Crippen LogP contribution in [0.5, 0.6) is 0 Å². The number of carbonyl (C=O) groups excluding carboxylic acids is 2. The molecule has 19 heavy (non-hydrogen) atoms. The van der Waals surface area contributed by atoms with E-state index >= 15 is 0 Å². The van der Waals surface area contributed by atoms with E-state index in [9.17, 15) is 9.59 Å². The lowest BCUT2D eigenvalue weighted by atomic mass is 9.96. The summed E-state index contributed by atoms with van der Waals surface area (Å²) in [5.74, 6) is 0.0261. The molecule has 2 unspecified atom stereocenters. The lowest BCUT2D eigenvalue weighted by Gasteiger charge is -2.38. The third-order valence-corrected chi connectivity index (χ3v) is 3.61. The van der Waals surface area contributed by atoms with Gasteiger partial charge in [-0.05, 0) is 32.6 Å². The summed E-state index contributed by atoms with van der Waals surface area (Å²) in [4.78, 5) is 25.6. The summed E-state index contributed by atoms with van der Waals surface area (Å²) in [6.07, 6.45) is 4.63. The van der Waals surface area contributed by atoms with Crippen molar-refractivity contribution in [3.05, 3.63) is 0 Å². The fourth-order valence-corrected chi connectivity index (χ4v) is 2.53. The first-order chi connectivity index (χ1) is 9.06. The van der Waals surface area contributed by atoms with Crippen LogP contribution < -0.4 is 11.1 Å². The Morgan fingerprint density at radius 3 is 2.74 bits per heavy atom. The third-order valence-electron chi connectivity index (χ3n) is 3.61. The van der Waals surface area contributed by atoms with Crippen molar-refractivity contribution in [3.63, 3.8) is 0 Å². The van der Waals surface area contributed by atoms with E-state index in [2.05, 4.69) is 5.32 Å². The molecule has 2 amide bonds. The summed E-state index contributed by atoms with van der Waals surface area (Å²) in [6, 6.07) is 0.137. The molecule has 1 fully saturated rings. The molecule has 0 radical (unpaired) electrons. The van der Waals surface area contributed by atoms with Gasteiger partial charge in [-0.1, -0.05) is 6.92 Å². The molecule has 0 spiro atoms. The average molecular weight is 269 g/mol. The van der Waals surface area contributed by atoms with Gasteiger partial charge in [-0.2, -0.15) is 0 Å². The smallest absolute Gasteiger partial charge is 0.223 e. The van der Waals surface area contributed by atoms with Crippen molar-refractivity contribution >= 4 is 11.8 Å². The molecule has 5 nitrogen and oxygen atoms in total. The highest BCUT2D eigenvalue weighted by molar-refractivity contribution is 5.84. The predicted octanol–water partition coefficient (Wildman–Crippen LogP) is 1.02. The second-order valence-electron chi connectivity index (χ2n) is 5.36. The summed E-state index contributed by atoms with van der Waals surface area (Å²) < 4.78 is 0. The van der Waals surface area contributed by atoms with Crippen LogP contribution >= 0.6 is 0 Å². The normalized spacial score (nSPS) is 21.0. The Kier molecular flexibility index (Phi) is 6.84. The summed E-state index contributed by atoms with van der Waals surface area (Å²) >= 11 is 0. The van der Waals surface area contributed by atoms with E-state index in [0.29, 0.717) is 13.0 Å². The fourth-order valence-electron chi connectivity index (χ4n) is 2.53. The maximum atomic E-state index is 12.2. The van der Waals surface area contributed by atoms with E-state index in [4.69, 9.17) is 5.73 Å². The van der Waals surface area contributed by atoms with Gasteiger partial charge in [-0.15, -0.1) is 0 Å². The monoisotopic (exact) mass is 269 g/mol. The molecule has 1 heterocycles.